The van der Waals surface area contributed by atoms with Crippen molar-refractivity contribution < 1.29 is 0 Å². The summed E-state index contributed by atoms with van der Waals surface area (Å²) in [6.07, 6.45) is 2.29. The molecular weight excluding hydrogens is 156 g/mol. The zero-order chi connectivity index (χ0) is 6.41. The summed E-state index contributed by atoms with van der Waals surface area (Å²) in [6.45, 7) is 0. The Balaban J connectivity index is 2.86. The minimum Gasteiger partial charge on any atom is -0.179 e. The molecule has 0 nitrogen and oxygen atoms in total. The minimum absolute atomic E-state index is 0.463. The third-order valence-corrected chi connectivity index (χ3v) is 2.39. The highest BCUT2D eigenvalue weighted by molar-refractivity contribution is 7.84. The third kappa shape index (κ3) is 5.19. The van der Waals surface area contributed by atoms with Crippen molar-refractivity contribution in [1.29, 1.82) is 0 Å². The van der Waals surface area contributed by atoms with E-state index in [0.717, 1.165) is 24.3 Å². The third-order valence-electron chi connectivity index (χ3n) is 0.906. The van der Waals surface area contributed by atoms with Gasteiger partial charge in [-0.1, -0.05) is 0 Å². The predicted molar refractivity (Wildman–Crippen MR) is 49.7 cm³/mol. The van der Waals surface area contributed by atoms with Gasteiger partial charge < -0.3 is 0 Å². The number of thiol groups is 3. The van der Waals surface area contributed by atoms with Crippen LogP contribution in [0.1, 0.15) is 12.8 Å². The van der Waals surface area contributed by atoms with Gasteiger partial charge in [0.1, 0.15) is 0 Å². The average Bonchev–Trinajstić information content (AvgIpc) is 1.83. The van der Waals surface area contributed by atoms with Crippen molar-refractivity contribution >= 4 is 37.9 Å². The molecule has 0 radical (unpaired) electrons. The topological polar surface area (TPSA) is 0 Å². The van der Waals surface area contributed by atoms with Gasteiger partial charge in [0.15, 0.2) is 0 Å². The summed E-state index contributed by atoms with van der Waals surface area (Å²) in [6, 6.07) is 0. The molecule has 0 bridgehead atoms. The first kappa shape index (κ1) is 9.05. The van der Waals surface area contributed by atoms with Crippen molar-refractivity contribution in [3.8, 4) is 0 Å². The second-order valence-electron chi connectivity index (χ2n) is 1.70. The lowest BCUT2D eigenvalue weighted by atomic mass is 10.3. The Hall–Kier alpha value is 1.05. The maximum Gasteiger partial charge on any atom is 0.0105 e. The molecule has 0 N–H and O–H groups in total. The van der Waals surface area contributed by atoms with Gasteiger partial charge in [-0.15, -0.1) is 0 Å². The Morgan fingerprint density at radius 3 is 2.25 bits per heavy atom. The van der Waals surface area contributed by atoms with E-state index in [-0.39, 0.29) is 0 Å². The lowest BCUT2D eigenvalue weighted by Gasteiger charge is -2.02. The van der Waals surface area contributed by atoms with E-state index in [1.165, 1.54) is 0 Å². The number of hydrogen-bond donors (Lipinski definition) is 3. The van der Waals surface area contributed by atoms with E-state index in [9.17, 15) is 0 Å². The van der Waals surface area contributed by atoms with Gasteiger partial charge >= 0.3 is 0 Å². The van der Waals surface area contributed by atoms with E-state index in [0.29, 0.717) is 5.25 Å². The molecule has 3 heteroatoms. The Morgan fingerprint density at radius 1 is 1.25 bits per heavy atom. The zero-order valence-corrected chi connectivity index (χ0v) is 7.43. The van der Waals surface area contributed by atoms with Crippen LogP contribution in [-0.2, 0) is 0 Å². The Morgan fingerprint density at radius 2 is 1.88 bits per heavy atom. The van der Waals surface area contributed by atoms with E-state index in [2.05, 4.69) is 37.9 Å². The van der Waals surface area contributed by atoms with Crippen LogP contribution in [0.2, 0.25) is 0 Å². The molecular formula is C5H12S3. The summed E-state index contributed by atoms with van der Waals surface area (Å²) in [5.41, 5.74) is 0. The van der Waals surface area contributed by atoms with Crippen LogP contribution < -0.4 is 0 Å². The second-order valence-corrected chi connectivity index (χ2v) is 3.24. The molecule has 50 valence electrons. The van der Waals surface area contributed by atoms with E-state index >= 15 is 0 Å². The number of hydrogen-bond acceptors (Lipinski definition) is 3. The van der Waals surface area contributed by atoms with Gasteiger partial charge in [0.05, 0.1) is 0 Å². The highest BCUT2D eigenvalue weighted by Gasteiger charge is 1.96. The number of rotatable bonds is 4. The Bertz CT molecular complexity index is 46.9. The van der Waals surface area contributed by atoms with Crippen LogP contribution in [0.25, 0.3) is 0 Å². The molecule has 0 aliphatic heterocycles. The predicted octanol–water partition coefficient (Wildman–Crippen LogP) is 1.92. The van der Waals surface area contributed by atoms with Gasteiger partial charge in [-0.05, 0) is 18.6 Å². The van der Waals surface area contributed by atoms with Crippen LogP contribution in [0.3, 0.4) is 0 Å². The molecule has 0 amide bonds. The maximum atomic E-state index is 4.25. The van der Waals surface area contributed by atoms with E-state index in [4.69, 9.17) is 0 Å². The molecule has 0 aromatic carbocycles. The molecule has 0 heterocycles. The normalized spacial score (nSPS) is 13.9. The molecule has 0 saturated heterocycles. The van der Waals surface area contributed by atoms with Crippen LogP contribution in [0.15, 0.2) is 0 Å². The standard InChI is InChI=1S/C5H12S3/c6-3-1-2-5(8)4-7/h5-8H,1-4H2. The van der Waals surface area contributed by atoms with Gasteiger partial charge in [0.2, 0.25) is 0 Å². The van der Waals surface area contributed by atoms with Crippen molar-refractivity contribution in [2.75, 3.05) is 11.5 Å². The monoisotopic (exact) mass is 168 g/mol. The molecule has 0 saturated carbocycles. The van der Waals surface area contributed by atoms with Crippen LogP contribution >= 0.6 is 37.9 Å². The summed E-state index contributed by atoms with van der Waals surface area (Å²) >= 11 is 12.4. The fourth-order valence-electron chi connectivity index (χ4n) is 0.418. The smallest absolute Gasteiger partial charge is 0.0105 e. The average molecular weight is 168 g/mol. The van der Waals surface area contributed by atoms with Crippen LogP contribution in [-0.4, -0.2) is 16.8 Å². The summed E-state index contributed by atoms with van der Waals surface area (Å²) in [5, 5.41) is 0.463. The summed E-state index contributed by atoms with van der Waals surface area (Å²) in [5.74, 6) is 1.84. The molecule has 0 spiro atoms. The van der Waals surface area contributed by atoms with Crippen LogP contribution in [0.4, 0.5) is 0 Å². The van der Waals surface area contributed by atoms with Gasteiger partial charge in [-0.2, -0.15) is 37.9 Å². The summed E-state index contributed by atoms with van der Waals surface area (Å²) < 4.78 is 0. The van der Waals surface area contributed by atoms with E-state index < -0.39 is 0 Å². The van der Waals surface area contributed by atoms with Crippen molar-refractivity contribution in [2.45, 2.75) is 18.1 Å². The quantitative estimate of drug-likeness (QED) is 0.525. The van der Waals surface area contributed by atoms with E-state index in [1.807, 2.05) is 0 Å². The SMILES string of the molecule is SCCCC(S)CS. The molecule has 0 aliphatic carbocycles. The molecule has 8 heavy (non-hydrogen) atoms. The second kappa shape index (κ2) is 6.17. The Kier molecular flexibility index (Phi) is 6.98. The highest BCUT2D eigenvalue weighted by Crippen LogP contribution is 2.06. The summed E-state index contributed by atoms with van der Waals surface area (Å²) in [7, 11) is 0. The van der Waals surface area contributed by atoms with Crippen LogP contribution in [0, 0.1) is 0 Å². The van der Waals surface area contributed by atoms with Gasteiger partial charge in [0.25, 0.3) is 0 Å². The highest BCUT2D eigenvalue weighted by atomic mass is 32.1. The lowest BCUT2D eigenvalue weighted by molar-refractivity contribution is 0.808. The van der Waals surface area contributed by atoms with Gasteiger partial charge in [-0.25, -0.2) is 0 Å². The summed E-state index contributed by atoms with van der Waals surface area (Å²) in [4.78, 5) is 0. The fraction of sp³-hybridized carbons (Fsp3) is 1.00. The molecule has 0 aliphatic rings. The van der Waals surface area contributed by atoms with Gasteiger partial charge in [-0.3, -0.25) is 0 Å². The van der Waals surface area contributed by atoms with Crippen molar-refractivity contribution in [3.05, 3.63) is 0 Å². The molecule has 0 aromatic rings. The lowest BCUT2D eigenvalue weighted by Crippen LogP contribution is -1.99. The first-order valence-corrected chi connectivity index (χ1v) is 4.49. The van der Waals surface area contributed by atoms with Crippen LogP contribution in [0.5, 0.6) is 0 Å². The minimum atomic E-state index is 0.463. The zero-order valence-electron chi connectivity index (χ0n) is 4.75. The molecule has 0 aromatic heterocycles. The molecule has 0 rings (SSSR count). The van der Waals surface area contributed by atoms with Crippen molar-refractivity contribution in [3.63, 3.8) is 0 Å². The van der Waals surface area contributed by atoms with Crippen molar-refractivity contribution in [2.24, 2.45) is 0 Å². The Labute approximate surface area is 67.7 Å². The first-order valence-electron chi connectivity index (χ1n) is 2.71. The molecule has 0 fully saturated rings. The fourth-order valence-corrected chi connectivity index (χ4v) is 0.966. The van der Waals surface area contributed by atoms with E-state index in [1.54, 1.807) is 0 Å². The maximum absolute atomic E-state index is 4.25. The first-order chi connectivity index (χ1) is 3.81. The molecule has 1 unspecified atom stereocenters. The van der Waals surface area contributed by atoms with Gasteiger partial charge in [0, 0.05) is 11.0 Å². The van der Waals surface area contributed by atoms with Crippen molar-refractivity contribution in [1.82, 2.24) is 0 Å². The molecule has 1 atom stereocenters. The largest absolute Gasteiger partial charge is 0.179 e.